The summed E-state index contributed by atoms with van der Waals surface area (Å²) in [5.74, 6) is 0.797. The molecule has 4 nitrogen and oxygen atoms in total. The Bertz CT molecular complexity index is 730. The fourth-order valence-corrected chi connectivity index (χ4v) is 2.54. The molecule has 120 valence electrons. The van der Waals surface area contributed by atoms with E-state index in [1.165, 1.54) is 6.07 Å². The summed E-state index contributed by atoms with van der Waals surface area (Å²) in [7, 11) is 0. The molecule has 0 radical (unpaired) electrons. The van der Waals surface area contributed by atoms with E-state index in [0.717, 1.165) is 5.56 Å². The highest BCUT2D eigenvalue weighted by molar-refractivity contribution is 5.96. The largest absolute Gasteiger partial charge is 0.486 e. The predicted octanol–water partition coefficient (Wildman–Crippen LogP) is 2.88. The lowest BCUT2D eigenvalue weighted by molar-refractivity contribution is 0.0952. The van der Waals surface area contributed by atoms with Gasteiger partial charge in [0.15, 0.2) is 11.5 Å². The number of nitrogens with one attached hydrogen (secondary N) is 1. The maximum absolute atomic E-state index is 13.5. The first-order chi connectivity index (χ1) is 11.1. The van der Waals surface area contributed by atoms with Gasteiger partial charge in [-0.1, -0.05) is 18.2 Å². The van der Waals surface area contributed by atoms with Crippen molar-refractivity contribution in [3.63, 3.8) is 0 Å². The average molecular weight is 315 g/mol. The molecule has 0 saturated carbocycles. The van der Waals surface area contributed by atoms with Crippen LogP contribution in [0.15, 0.2) is 36.4 Å². The number of carbonyl (C=O) groups excluding carboxylic acids is 1. The summed E-state index contributed by atoms with van der Waals surface area (Å²) >= 11 is 0. The molecule has 1 amide bonds. The molecule has 0 unspecified atom stereocenters. The molecule has 0 saturated heterocycles. The highest BCUT2D eigenvalue weighted by Gasteiger charge is 2.17. The zero-order valence-corrected chi connectivity index (χ0v) is 12.9. The molecule has 1 aliphatic rings. The van der Waals surface area contributed by atoms with Crippen molar-refractivity contribution in [1.29, 1.82) is 0 Å². The van der Waals surface area contributed by atoms with Gasteiger partial charge in [-0.25, -0.2) is 4.39 Å². The summed E-state index contributed by atoms with van der Waals surface area (Å²) in [5.41, 5.74) is 1.95. The van der Waals surface area contributed by atoms with E-state index in [1.54, 1.807) is 30.3 Å². The zero-order valence-electron chi connectivity index (χ0n) is 12.9. The highest BCUT2D eigenvalue weighted by Crippen LogP contribution is 2.32. The number of carbonyl (C=O) groups is 1. The normalized spacial score (nSPS) is 12.8. The second kappa shape index (κ2) is 6.69. The molecule has 2 aromatic rings. The van der Waals surface area contributed by atoms with Gasteiger partial charge in [-0.3, -0.25) is 4.79 Å². The topological polar surface area (TPSA) is 47.6 Å². The lowest BCUT2D eigenvalue weighted by Gasteiger charge is -2.20. The molecule has 5 heteroatoms. The Morgan fingerprint density at radius 1 is 1.17 bits per heavy atom. The van der Waals surface area contributed by atoms with Crippen LogP contribution in [-0.4, -0.2) is 25.7 Å². The second-order valence-electron chi connectivity index (χ2n) is 5.41. The summed E-state index contributed by atoms with van der Waals surface area (Å²) in [4.78, 5) is 12.3. The Kier molecular flexibility index (Phi) is 4.46. The van der Waals surface area contributed by atoms with Gasteiger partial charge in [0.1, 0.15) is 19.0 Å². The van der Waals surface area contributed by atoms with Crippen molar-refractivity contribution in [3.05, 3.63) is 58.9 Å². The van der Waals surface area contributed by atoms with Crippen LogP contribution in [-0.2, 0) is 6.42 Å². The van der Waals surface area contributed by atoms with E-state index >= 15 is 0 Å². The lowest BCUT2D eigenvalue weighted by Crippen LogP contribution is -2.27. The summed E-state index contributed by atoms with van der Waals surface area (Å²) in [6, 6.07) is 10.1. The minimum absolute atomic E-state index is 0.198. The minimum atomic E-state index is -0.253. The molecule has 2 aromatic carbocycles. The minimum Gasteiger partial charge on any atom is -0.486 e. The summed E-state index contributed by atoms with van der Waals surface area (Å²) in [6.07, 6.45) is 0.446. The average Bonchev–Trinajstić information content (AvgIpc) is 2.56. The van der Waals surface area contributed by atoms with Gasteiger partial charge in [0.05, 0.1) is 0 Å². The third kappa shape index (κ3) is 3.44. The van der Waals surface area contributed by atoms with Gasteiger partial charge >= 0.3 is 0 Å². The third-order valence-corrected chi connectivity index (χ3v) is 3.77. The number of benzene rings is 2. The molecule has 1 N–H and O–H groups in total. The van der Waals surface area contributed by atoms with Crippen LogP contribution >= 0.6 is 0 Å². The van der Waals surface area contributed by atoms with Gasteiger partial charge in [-0.05, 0) is 42.7 Å². The number of hydrogen-bond acceptors (Lipinski definition) is 3. The standard InChI is InChI=1S/C18H18FNO3/c1-12-10-16-17(23-9-8-22-16)11-14(12)18(21)20-7-6-13-4-2-3-5-15(13)19/h2-5,10-11H,6-9H2,1H3,(H,20,21). The Morgan fingerprint density at radius 2 is 1.87 bits per heavy atom. The van der Waals surface area contributed by atoms with E-state index in [2.05, 4.69) is 5.32 Å². The zero-order chi connectivity index (χ0) is 16.2. The molecule has 0 atom stereocenters. The van der Waals surface area contributed by atoms with Crippen molar-refractivity contribution in [2.45, 2.75) is 13.3 Å². The van der Waals surface area contributed by atoms with E-state index < -0.39 is 0 Å². The molecule has 0 aromatic heterocycles. The van der Waals surface area contributed by atoms with E-state index in [9.17, 15) is 9.18 Å². The first-order valence-corrected chi connectivity index (χ1v) is 7.57. The van der Waals surface area contributed by atoms with Crippen LogP contribution in [0.2, 0.25) is 0 Å². The number of halogens is 1. The highest BCUT2D eigenvalue weighted by atomic mass is 19.1. The maximum atomic E-state index is 13.5. The van der Waals surface area contributed by atoms with Gasteiger partial charge < -0.3 is 14.8 Å². The van der Waals surface area contributed by atoms with Crippen LogP contribution < -0.4 is 14.8 Å². The monoisotopic (exact) mass is 315 g/mol. The fraction of sp³-hybridized carbons (Fsp3) is 0.278. The van der Waals surface area contributed by atoms with Gasteiger partial charge in [-0.2, -0.15) is 0 Å². The molecule has 0 fully saturated rings. The summed E-state index contributed by atoms with van der Waals surface area (Å²) < 4.78 is 24.5. The summed E-state index contributed by atoms with van der Waals surface area (Å²) in [5, 5.41) is 2.82. The number of amides is 1. The van der Waals surface area contributed by atoms with Crippen molar-refractivity contribution in [2.24, 2.45) is 0 Å². The van der Waals surface area contributed by atoms with Crippen LogP contribution in [0, 0.1) is 12.7 Å². The first kappa shape index (κ1) is 15.3. The number of aryl methyl sites for hydroxylation is 1. The Labute approximate surface area is 134 Å². The molecule has 0 aliphatic carbocycles. The molecular weight excluding hydrogens is 297 g/mol. The van der Waals surface area contributed by atoms with Gasteiger partial charge in [-0.15, -0.1) is 0 Å². The third-order valence-electron chi connectivity index (χ3n) is 3.77. The number of rotatable bonds is 4. The van der Waals surface area contributed by atoms with Crippen LogP contribution in [0.5, 0.6) is 11.5 Å². The van der Waals surface area contributed by atoms with E-state index in [-0.39, 0.29) is 11.7 Å². The van der Waals surface area contributed by atoms with Crippen LogP contribution in [0.25, 0.3) is 0 Å². The molecule has 1 aliphatic heterocycles. The summed E-state index contributed by atoms with van der Waals surface area (Å²) in [6.45, 7) is 3.21. The maximum Gasteiger partial charge on any atom is 0.251 e. The van der Waals surface area contributed by atoms with Crippen molar-refractivity contribution < 1.29 is 18.7 Å². The number of ether oxygens (including phenoxy) is 2. The quantitative estimate of drug-likeness (QED) is 0.944. The van der Waals surface area contributed by atoms with Crippen molar-refractivity contribution in [1.82, 2.24) is 5.32 Å². The number of hydrogen-bond donors (Lipinski definition) is 1. The SMILES string of the molecule is Cc1cc2c(cc1C(=O)NCCc1ccccc1F)OCCO2. The number of fused-ring (bicyclic) bond motifs is 1. The van der Waals surface area contributed by atoms with E-state index in [4.69, 9.17) is 9.47 Å². The Hall–Kier alpha value is -2.56. The van der Waals surface area contributed by atoms with Gasteiger partial charge in [0.2, 0.25) is 0 Å². The van der Waals surface area contributed by atoms with Crippen molar-refractivity contribution in [3.8, 4) is 11.5 Å². The second-order valence-corrected chi connectivity index (χ2v) is 5.41. The molecular formula is C18H18FNO3. The van der Waals surface area contributed by atoms with Gasteiger partial charge in [0.25, 0.3) is 5.91 Å². The Morgan fingerprint density at radius 3 is 2.61 bits per heavy atom. The van der Waals surface area contributed by atoms with Crippen molar-refractivity contribution >= 4 is 5.91 Å². The van der Waals surface area contributed by atoms with Crippen LogP contribution in [0.3, 0.4) is 0 Å². The van der Waals surface area contributed by atoms with E-state index in [0.29, 0.717) is 48.8 Å². The first-order valence-electron chi connectivity index (χ1n) is 7.57. The molecule has 23 heavy (non-hydrogen) atoms. The smallest absolute Gasteiger partial charge is 0.251 e. The fourth-order valence-electron chi connectivity index (χ4n) is 2.54. The van der Waals surface area contributed by atoms with Gasteiger partial charge in [0, 0.05) is 12.1 Å². The molecule has 3 rings (SSSR count). The van der Waals surface area contributed by atoms with E-state index in [1.807, 2.05) is 6.92 Å². The molecule has 0 spiro atoms. The Balaban J connectivity index is 1.65. The van der Waals surface area contributed by atoms with Crippen LogP contribution in [0.4, 0.5) is 4.39 Å². The van der Waals surface area contributed by atoms with Crippen molar-refractivity contribution in [2.75, 3.05) is 19.8 Å². The lowest BCUT2D eigenvalue weighted by atomic mass is 10.1. The molecule has 0 bridgehead atoms. The predicted molar refractivity (Wildman–Crippen MR) is 84.6 cm³/mol. The van der Waals surface area contributed by atoms with Crippen LogP contribution in [0.1, 0.15) is 21.5 Å². The molecule has 1 heterocycles.